The van der Waals surface area contributed by atoms with Gasteiger partial charge < -0.3 is 5.32 Å². The van der Waals surface area contributed by atoms with E-state index in [4.69, 9.17) is 0 Å². The topological polar surface area (TPSA) is 66.5 Å². The summed E-state index contributed by atoms with van der Waals surface area (Å²) in [6.45, 7) is 4.40. The number of hydrogen-bond acceptors (Lipinski definition) is 3. The number of fused-ring (bicyclic) bond motifs is 1. The van der Waals surface area contributed by atoms with Gasteiger partial charge >= 0.3 is 0 Å². The van der Waals surface area contributed by atoms with Gasteiger partial charge in [-0.1, -0.05) is 11.6 Å². The molecule has 0 radical (unpaired) electrons. The van der Waals surface area contributed by atoms with Crippen molar-refractivity contribution in [3.63, 3.8) is 0 Å². The number of carbonyl (C=O) groups excluding carboxylic acids is 3. The van der Waals surface area contributed by atoms with Crippen molar-refractivity contribution in [2.75, 3.05) is 6.54 Å². The maximum absolute atomic E-state index is 12.6. The summed E-state index contributed by atoms with van der Waals surface area (Å²) < 4.78 is 0. The first-order valence-electron chi connectivity index (χ1n) is 11.6. The maximum atomic E-state index is 12.6. The molecule has 160 valence electrons. The molecule has 1 aliphatic heterocycles. The average Bonchev–Trinajstić information content (AvgIpc) is 2.91. The van der Waals surface area contributed by atoms with Crippen LogP contribution >= 0.6 is 0 Å². The third-order valence-electron chi connectivity index (χ3n) is 8.29. The summed E-state index contributed by atoms with van der Waals surface area (Å²) in [4.78, 5) is 39.1. The van der Waals surface area contributed by atoms with Gasteiger partial charge in [-0.05, 0) is 94.1 Å². The molecule has 1 aromatic rings. The molecule has 4 bridgehead atoms. The number of imide groups is 1. The molecule has 6 rings (SSSR count). The summed E-state index contributed by atoms with van der Waals surface area (Å²) >= 11 is 0. The Kier molecular flexibility index (Phi) is 4.75. The van der Waals surface area contributed by atoms with Gasteiger partial charge in [0.15, 0.2) is 0 Å². The lowest BCUT2D eigenvalue weighted by Crippen LogP contribution is -2.55. The van der Waals surface area contributed by atoms with Gasteiger partial charge in [0.2, 0.25) is 5.91 Å². The minimum atomic E-state index is -0.239. The van der Waals surface area contributed by atoms with Gasteiger partial charge in [-0.2, -0.15) is 0 Å². The molecule has 5 nitrogen and oxygen atoms in total. The molecular weight excluding hydrogens is 376 g/mol. The van der Waals surface area contributed by atoms with Crippen LogP contribution in [-0.4, -0.2) is 35.2 Å². The van der Waals surface area contributed by atoms with Crippen LogP contribution in [0.5, 0.6) is 0 Å². The first-order chi connectivity index (χ1) is 14.3. The van der Waals surface area contributed by atoms with E-state index in [1.54, 1.807) is 12.1 Å². The number of nitrogens with one attached hydrogen (secondary N) is 1. The molecule has 0 spiro atoms. The summed E-state index contributed by atoms with van der Waals surface area (Å²) in [5.41, 5.74) is 2.23. The molecule has 4 saturated carbocycles. The predicted molar refractivity (Wildman–Crippen MR) is 114 cm³/mol. The van der Waals surface area contributed by atoms with E-state index in [9.17, 15) is 14.4 Å². The lowest BCUT2D eigenvalue weighted by Gasteiger charge is -2.59. The first-order valence-corrected chi connectivity index (χ1v) is 11.6. The SMILES string of the molecule is Cc1ccc2c(c1)C(=O)N(CCCC(=O)N[C@@H](C)C13CC4CC(CC(C4)C1)C3)C2=O. The fraction of sp³-hybridized carbons (Fsp3) is 0.640. The number of aryl methyl sites for hydroxylation is 1. The average molecular weight is 409 g/mol. The zero-order valence-corrected chi connectivity index (χ0v) is 18.1. The van der Waals surface area contributed by atoms with Crippen molar-refractivity contribution in [1.82, 2.24) is 10.2 Å². The number of benzene rings is 1. The van der Waals surface area contributed by atoms with E-state index in [1.165, 1.54) is 43.4 Å². The van der Waals surface area contributed by atoms with Crippen LogP contribution in [0.1, 0.15) is 84.6 Å². The highest BCUT2D eigenvalue weighted by molar-refractivity contribution is 6.21. The van der Waals surface area contributed by atoms with Crippen LogP contribution in [0.15, 0.2) is 18.2 Å². The third kappa shape index (κ3) is 3.27. The molecule has 1 aromatic carbocycles. The Morgan fingerprint density at radius 3 is 2.30 bits per heavy atom. The second-order valence-electron chi connectivity index (χ2n) is 10.5. The zero-order chi connectivity index (χ0) is 21.0. The predicted octanol–water partition coefficient (Wildman–Crippen LogP) is 4.09. The molecule has 0 saturated heterocycles. The van der Waals surface area contributed by atoms with Crippen LogP contribution in [0.2, 0.25) is 0 Å². The van der Waals surface area contributed by atoms with Crippen molar-refractivity contribution >= 4 is 17.7 Å². The molecule has 4 fully saturated rings. The fourth-order valence-electron chi connectivity index (χ4n) is 7.18. The van der Waals surface area contributed by atoms with Crippen molar-refractivity contribution in [2.24, 2.45) is 23.2 Å². The summed E-state index contributed by atoms with van der Waals surface area (Å²) in [6, 6.07) is 5.56. The number of nitrogens with zero attached hydrogens (tertiary/aromatic N) is 1. The highest BCUT2D eigenvalue weighted by atomic mass is 16.2. The highest BCUT2D eigenvalue weighted by Gasteiger charge is 2.53. The number of carbonyl (C=O) groups is 3. The normalized spacial score (nSPS) is 32.5. The van der Waals surface area contributed by atoms with Crippen molar-refractivity contribution < 1.29 is 14.4 Å². The van der Waals surface area contributed by atoms with Gasteiger partial charge in [0.05, 0.1) is 11.1 Å². The van der Waals surface area contributed by atoms with E-state index in [0.29, 0.717) is 35.9 Å². The van der Waals surface area contributed by atoms with E-state index in [1.807, 2.05) is 13.0 Å². The second-order valence-corrected chi connectivity index (χ2v) is 10.5. The fourth-order valence-corrected chi connectivity index (χ4v) is 7.18. The quantitative estimate of drug-likeness (QED) is 0.721. The number of rotatable bonds is 6. The van der Waals surface area contributed by atoms with Crippen molar-refractivity contribution in [3.05, 3.63) is 34.9 Å². The van der Waals surface area contributed by atoms with E-state index in [2.05, 4.69) is 12.2 Å². The van der Waals surface area contributed by atoms with Crippen LogP contribution in [0.25, 0.3) is 0 Å². The maximum Gasteiger partial charge on any atom is 0.261 e. The Morgan fingerprint density at radius 1 is 1.07 bits per heavy atom. The standard InChI is InChI=1S/C25H32N2O3/c1-15-5-6-20-21(8-15)24(30)27(23(20)29)7-3-4-22(28)26-16(2)25-12-17-9-18(13-25)11-19(10-17)14-25/h5-6,8,16-19H,3-4,7,9-14H2,1-2H3,(H,26,28)/t16-,17?,18?,19?,25?/m0/s1. The van der Waals surface area contributed by atoms with Gasteiger partial charge in [-0.25, -0.2) is 0 Å². The van der Waals surface area contributed by atoms with Crippen LogP contribution in [0.4, 0.5) is 0 Å². The third-order valence-corrected chi connectivity index (χ3v) is 8.29. The number of amides is 3. The van der Waals surface area contributed by atoms with E-state index in [-0.39, 0.29) is 23.8 Å². The smallest absolute Gasteiger partial charge is 0.261 e. The largest absolute Gasteiger partial charge is 0.353 e. The molecule has 0 unspecified atom stereocenters. The Morgan fingerprint density at radius 2 is 1.67 bits per heavy atom. The monoisotopic (exact) mass is 408 g/mol. The second kappa shape index (κ2) is 7.21. The van der Waals surface area contributed by atoms with Crippen LogP contribution in [-0.2, 0) is 4.79 Å². The van der Waals surface area contributed by atoms with Crippen molar-refractivity contribution in [3.8, 4) is 0 Å². The Labute approximate surface area is 178 Å². The minimum absolute atomic E-state index is 0.0469. The Balaban J connectivity index is 1.14. The van der Waals surface area contributed by atoms with E-state index < -0.39 is 0 Å². The van der Waals surface area contributed by atoms with Crippen LogP contribution in [0, 0.1) is 30.1 Å². The van der Waals surface area contributed by atoms with E-state index >= 15 is 0 Å². The zero-order valence-electron chi connectivity index (χ0n) is 18.1. The molecule has 5 aliphatic rings. The van der Waals surface area contributed by atoms with Gasteiger partial charge in [0.1, 0.15) is 0 Å². The molecule has 0 aromatic heterocycles. The van der Waals surface area contributed by atoms with Crippen LogP contribution in [0.3, 0.4) is 0 Å². The molecule has 1 heterocycles. The van der Waals surface area contributed by atoms with Crippen molar-refractivity contribution in [1.29, 1.82) is 0 Å². The molecule has 4 aliphatic carbocycles. The van der Waals surface area contributed by atoms with Crippen LogP contribution < -0.4 is 5.32 Å². The molecule has 5 heteroatoms. The van der Waals surface area contributed by atoms with E-state index in [0.717, 1.165) is 23.3 Å². The van der Waals surface area contributed by atoms with Crippen molar-refractivity contribution in [2.45, 2.75) is 71.3 Å². The molecule has 3 amide bonds. The van der Waals surface area contributed by atoms with Gasteiger partial charge in [-0.15, -0.1) is 0 Å². The lowest BCUT2D eigenvalue weighted by atomic mass is 9.48. The molecule has 30 heavy (non-hydrogen) atoms. The molecular formula is C25H32N2O3. The van der Waals surface area contributed by atoms with Gasteiger partial charge in [-0.3, -0.25) is 19.3 Å². The highest BCUT2D eigenvalue weighted by Crippen LogP contribution is 2.61. The minimum Gasteiger partial charge on any atom is -0.353 e. The summed E-state index contributed by atoms with van der Waals surface area (Å²) in [7, 11) is 0. The lowest BCUT2D eigenvalue weighted by molar-refractivity contribution is -0.126. The Hall–Kier alpha value is -2.17. The molecule has 1 N–H and O–H groups in total. The summed E-state index contributed by atoms with van der Waals surface area (Å²) in [5.74, 6) is 2.18. The first kappa shape index (κ1) is 19.8. The number of hydrogen-bond donors (Lipinski definition) is 1. The Bertz CT molecular complexity index is 870. The summed E-state index contributed by atoms with van der Waals surface area (Å²) in [5, 5.41) is 3.28. The van der Waals surface area contributed by atoms with Gasteiger partial charge in [0.25, 0.3) is 11.8 Å². The summed E-state index contributed by atoms with van der Waals surface area (Å²) in [6.07, 6.45) is 8.88. The molecule has 1 atom stereocenters. The van der Waals surface area contributed by atoms with Gasteiger partial charge in [0, 0.05) is 19.0 Å².